The van der Waals surface area contributed by atoms with Crippen molar-refractivity contribution in [2.75, 3.05) is 5.32 Å². The van der Waals surface area contributed by atoms with E-state index in [1.807, 2.05) is 24.3 Å². The zero-order chi connectivity index (χ0) is 18.8. The highest BCUT2D eigenvalue weighted by Crippen LogP contribution is 2.48. The highest BCUT2D eigenvalue weighted by Gasteiger charge is 2.36. The largest absolute Gasteiger partial charge is 0.341 e. The van der Waals surface area contributed by atoms with Crippen LogP contribution in [0.1, 0.15) is 80.5 Å². The van der Waals surface area contributed by atoms with Crippen LogP contribution in [0, 0.1) is 11.3 Å². The predicted molar refractivity (Wildman–Crippen MR) is 109 cm³/mol. The Balaban J connectivity index is 1.89. The van der Waals surface area contributed by atoms with Crippen LogP contribution in [-0.4, -0.2) is 10.2 Å². The summed E-state index contributed by atoms with van der Waals surface area (Å²) in [5.74, 6) is 1.19. The molecule has 1 atom stereocenters. The molecule has 2 N–H and O–H groups in total. The Hall–Kier alpha value is -2.25. The SMILES string of the molecule is CCCC1=C(C#N)C(c2ccccc2Cl)c2c(n[nH]c2C2CCCCC2)N1. The molecule has 27 heavy (non-hydrogen) atoms. The normalized spacial score (nSPS) is 20.1. The maximum atomic E-state index is 10.1. The number of nitrogens with zero attached hydrogens (tertiary/aromatic N) is 2. The molecule has 2 aliphatic rings. The summed E-state index contributed by atoms with van der Waals surface area (Å²) in [6.45, 7) is 2.13. The van der Waals surface area contributed by atoms with Gasteiger partial charge >= 0.3 is 0 Å². The Labute approximate surface area is 165 Å². The lowest BCUT2D eigenvalue weighted by Crippen LogP contribution is -2.20. The fourth-order valence-corrected chi connectivity index (χ4v) is 4.83. The van der Waals surface area contributed by atoms with Gasteiger partial charge in [-0.25, -0.2) is 0 Å². The smallest absolute Gasteiger partial charge is 0.156 e. The second-order valence-electron chi connectivity index (χ2n) is 7.57. The van der Waals surface area contributed by atoms with E-state index in [0.29, 0.717) is 10.9 Å². The molecule has 1 unspecified atom stereocenters. The molecule has 2 aromatic rings. The standard InChI is InChI=1S/C22H25ClN4/c1-2-8-18-16(13-24)19(15-11-6-7-12-17(15)23)20-21(26-27-22(20)25-18)14-9-4-3-5-10-14/h6-7,11-12,14,19H,2-5,8-10H2,1H3,(H2,25,26,27). The molecule has 0 bridgehead atoms. The molecule has 5 heteroatoms. The molecule has 0 amide bonds. The van der Waals surface area contributed by atoms with Gasteiger partial charge in [-0.1, -0.05) is 62.4 Å². The van der Waals surface area contributed by atoms with Crippen molar-refractivity contribution in [1.82, 2.24) is 10.2 Å². The molecule has 2 heterocycles. The summed E-state index contributed by atoms with van der Waals surface area (Å²) in [6.07, 6.45) is 7.97. The summed E-state index contributed by atoms with van der Waals surface area (Å²) < 4.78 is 0. The zero-order valence-corrected chi connectivity index (χ0v) is 16.4. The Morgan fingerprint density at radius 2 is 2.00 bits per heavy atom. The number of halogens is 1. The van der Waals surface area contributed by atoms with Crippen LogP contribution in [0.2, 0.25) is 5.02 Å². The molecule has 1 saturated carbocycles. The average Bonchev–Trinajstić information content (AvgIpc) is 3.12. The first kappa shape index (κ1) is 18.1. The minimum atomic E-state index is -0.155. The summed E-state index contributed by atoms with van der Waals surface area (Å²) in [4.78, 5) is 0. The van der Waals surface area contributed by atoms with E-state index in [1.165, 1.54) is 37.8 Å². The van der Waals surface area contributed by atoms with Gasteiger partial charge in [0.2, 0.25) is 0 Å². The number of aromatic amines is 1. The number of nitrogens with one attached hydrogen (secondary N) is 2. The van der Waals surface area contributed by atoms with E-state index in [1.54, 1.807) is 0 Å². The minimum absolute atomic E-state index is 0.155. The third-order valence-corrected chi connectivity index (χ3v) is 6.20. The van der Waals surface area contributed by atoms with Crippen LogP contribution in [0.15, 0.2) is 35.5 Å². The average molecular weight is 381 g/mol. The monoisotopic (exact) mass is 380 g/mol. The van der Waals surface area contributed by atoms with Crippen LogP contribution in [0.4, 0.5) is 5.82 Å². The second kappa shape index (κ2) is 7.78. The van der Waals surface area contributed by atoms with Gasteiger partial charge in [-0.15, -0.1) is 0 Å². The molecule has 140 valence electrons. The van der Waals surface area contributed by atoms with Crippen LogP contribution in [0.5, 0.6) is 0 Å². The first-order valence-electron chi connectivity index (χ1n) is 9.97. The van der Waals surface area contributed by atoms with Gasteiger partial charge in [0, 0.05) is 27.9 Å². The van der Waals surface area contributed by atoms with Gasteiger partial charge in [0.1, 0.15) is 0 Å². The van der Waals surface area contributed by atoms with Crippen LogP contribution >= 0.6 is 11.6 Å². The number of benzene rings is 1. The fraction of sp³-hybridized carbons (Fsp3) is 0.455. The van der Waals surface area contributed by atoms with Crippen molar-refractivity contribution in [3.63, 3.8) is 0 Å². The summed E-state index contributed by atoms with van der Waals surface area (Å²) in [5.41, 5.74) is 5.04. The summed E-state index contributed by atoms with van der Waals surface area (Å²) in [5, 5.41) is 22.1. The van der Waals surface area contributed by atoms with Crippen molar-refractivity contribution >= 4 is 17.4 Å². The number of fused-ring (bicyclic) bond motifs is 1. The lowest BCUT2D eigenvalue weighted by molar-refractivity contribution is 0.434. The van der Waals surface area contributed by atoms with Gasteiger partial charge in [0.15, 0.2) is 5.82 Å². The summed E-state index contributed by atoms with van der Waals surface area (Å²) >= 11 is 6.59. The molecule has 1 aliphatic carbocycles. The number of nitriles is 1. The lowest BCUT2D eigenvalue weighted by Gasteiger charge is -2.30. The zero-order valence-electron chi connectivity index (χ0n) is 15.7. The first-order chi connectivity index (χ1) is 13.2. The molecular formula is C22H25ClN4. The van der Waals surface area contributed by atoms with Gasteiger partial charge < -0.3 is 5.32 Å². The molecule has 1 fully saturated rings. The fourth-order valence-electron chi connectivity index (χ4n) is 4.58. The summed E-state index contributed by atoms with van der Waals surface area (Å²) in [6, 6.07) is 10.4. The number of aromatic nitrogens is 2. The van der Waals surface area contributed by atoms with Gasteiger partial charge in [0.25, 0.3) is 0 Å². The molecule has 4 rings (SSSR count). The van der Waals surface area contributed by atoms with E-state index >= 15 is 0 Å². The van der Waals surface area contributed by atoms with E-state index in [0.717, 1.165) is 41.1 Å². The quantitative estimate of drug-likeness (QED) is 0.659. The molecular weight excluding hydrogens is 356 g/mol. The first-order valence-corrected chi connectivity index (χ1v) is 10.3. The van der Waals surface area contributed by atoms with Crippen LogP contribution in [-0.2, 0) is 0 Å². The highest BCUT2D eigenvalue weighted by molar-refractivity contribution is 6.31. The summed E-state index contributed by atoms with van der Waals surface area (Å²) in [7, 11) is 0. The van der Waals surface area contributed by atoms with Crippen LogP contribution < -0.4 is 5.32 Å². The molecule has 1 aromatic carbocycles. The molecule has 1 aliphatic heterocycles. The van der Waals surface area contributed by atoms with Crippen molar-refractivity contribution in [1.29, 1.82) is 5.26 Å². The molecule has 1 aromatic heterocycles. The third kappa shape index (κ3) is 3.26. The van der Waals surface area contributed by atoms with E-state index in [2.05, 4.69) is 28.5 Å². The predicted octanol–water partition coefficient (Wildman–Crippen LogP) is 6.25. The maximum absolute atomic E-state index is 10.1. The Bertz CT molecular complexity index is 899. The topological polar surface area (TPSA) is 64.5 Å². The third-order valence-electron chi connectivity index (χ3n) is 5.86. The van der Waals surface area contributed by atoms with E-state index in [-0.39, 0.29) is 5.92 Å². The van der Waals surface area contributed by atoms with Gasteiger partial charge in [-0.2, -0.15) is 10.4 Å². The van der Waals surface area contributed by atoms with E-state index in [4.69, 9.17) is 11.6 Å². The van der Waals surface area contributed by atoms with Crippen molar-refractivity contribution in [3.8, 4) is 6.07 Å². The van der Waals surface area contributed by atoms with Gasteiger partial charge in [0.05, 0.1) is 17.6 Å². The number of anilines is 1. The molecule has 0 spiro atoms. The maximum Gasteiger partial charge on any atom is 0.156 e. The van der Waals surface area contributed by atoms with Crippen molar-refractivity contribution < 1.29 is 0 Å². The Morgan fingerprint density at radius 1 is 1.22 bits per heavy atom. The van der Waals surface area contributed by atoms with E-state index < -0.39 is 0 Å². The molecule has 0 radical (unpaired) electrons. The number of hydrogen-bond donors (Lipinski definition) is 2. The van der Waals surface area contributed by atoms with Crippen LogP contribution in [0.3, 0.4) is 0 Å². The minimum Gasteiger partial charge on any atom is -0.341 e. The number of hydrogen-bond acceptors (Lipinski definition) is 3. The number of rotatable bonds is 4. The van der Waals surface area contributed by atoms with Crippen molar-refractivity contribution in [3.05, 3.63) is 57.4 Å². The second-order valence-corrected chi connectivity index (χ2v) is 7.98. The van der Waals surface area contributed by atoms with Crippen molar-refractivity contribution in [2.45, 2.75) is 63.7 Å². The highest BCUT2D eigenvalue weighted by atomic mass is 35.5. The number of H-pyrrole nitrogens is 1. The number of allylic oxidation sites excluding steroid dienone is 2. The molecule has 4 nitrogen and oxygen atoms in total. The lowest BCUT2D eigenvalue weighted by atomic mass is 9.77. The van der Waals surface area contributed by atoms with Crippen molar-refractivity contribution in [2.24, 2.45) is 0 Å². The Kier molecular flexibility index (Phi) is 5.22. The van der Waals surface area contributed by atoms with Gasteiger partial charge in [-0.3, -0.25) is 5.10 Å². The molecule has 0 saturated heterocycles. The van der Waals surface area contributed by atoms with Gasteiger partial charge in [-0.05, 0) is 30.9 Å². The van der Waals surface area contributed by atoms with Crippen LogP contribution in [0.25, 0.3) is 0 Å². The Morgan fingerprint density at radius 3 is 2.70 bits per heavy atom. The van der Waals surface area contributed by atoms with E-state index in [9.17, 15) is 5.26 Å².